The third kappa shape index (κ3) is 2.85. The highest BCUT2D eigenvalue weighted by molar-refractivity contribution is 6.10. The van der Waals surface area contributed by atoms with Crippen molar-refractivity contribution in [2.24, 2.45) is 0 Å². The molecule has 4 nitrogen and oxygen atoms in total. The lowest BCUT2D eigenvalue weighted by Crippen LogP contribution is -2.16. The van der Waals surface area contributed by atoms with Crippen molar-refractivity contribution in [3.8, 4) is 0 Å². The van der Waals surface area contributed by atoms with E-state index in [0.717, 1.165) is 11.1 Å². The van der Waals surface area contributed by atoms with E-state index >= 15 is 0 Å². The zero-order valence-corrected chi connectivity index (χ0v) is 11.3. The Morgan fingerprint density at radius 3 is 2.25 bits per heavy atom. The Morgan fingerprint density at radius 1 is 1.00 bits per heavy atom. The van der Waals surface area contributed by atoms with Crippen molar-refractivity contribution in [2.45, 2.75) is 13.8 Å². The fourth-order valence-corrected chi connectivity index (χ4v) is 2.01. The van der Waals surface area contributed by atoms with Crippen LogP contribution in [-0.2, 0) is 0 Å². The molecule has 0 heterocycles. The molecule has 0 aromatic heterocycles. The molecule has 0 radical (unpaired) electrons. The number of aromatic carboxylic acids is 1. The largest absolute Gasteiger partial charge is 0.478 e. The van der Waals surface area contributed by atoms with E-state index in [2.05, 4.69) is 5.32 Å². The van der Waals surface area contributed by atoms with Gasteiger partial charge in [0.05, 0.1) is 11.1 Å². The Hall–Kier alpha value is -2.62. The average Bonchev–Trinajstić information content (AvgIpc) is 2.41. The standard InChI is InChI=1S/C16H15NO3/c1-10-7-8-14(11(2)9-10)17-15(18)12-5-3-4-6-13(12)16(19)20/h3-9H,1-2H3,(H,17,18)(H,19,20). The highest BCUT2D eigenvalue weighted by Crippen LogP contribution is 2.18. The second-order valence-corrected chi connectivity index (χ2v) is 4.62. The normalized spacial score (nSPS) is 10.1. The molecule has 1 amide bonds. The van der Waals surface area contributed by atoms with Crippen molar-refractivity contribution in [1.29, 1.82) is 0 Å². The predicted octanol–water partition coefficient (Wildman–Crippen LogP) is 3.25. The minimum absolute atomic E-state index is 0.00485. The molecule has 0 aliphatic heterocycles. The van der Waals surface area contributed by atoms with Gasteiger partial charge in [-0.2, -0.15) is 0 Å². The quantitative estimate of drug-likeness (QED) is 0.898. The average molecular weight is 269 g/mol. The van der Waals surface area contributed by atoms with Crippen LogP contribution in [0, 0.1) is 13.8 Å². The maximum absolute atomic E-state index is 12.2. The number of rotatable bonds is 3. The van der Waals surface area contributed by atoms with E-state index in [1.807, 2.05) is 32.0 Å². The summed E-state index contributed by atoms with van der Waals surface area (Å²) in [5.41, 5.74) is 2.87. The lowest BCUT2D eigenvalue weighted by molar-refractivity contribution is 0.0692. The van der Waals surface area contributed by atoms with Gasteiger partial charge in [0, 0.05) is 5.69 Å². The van der Waals surface area contributed by atoms with Gasteiger partial charge in [0.2, 0.25) is 0 Å². The zero-order chi connectivity index (χ0) is 14.7. The molecule has 0 atom stereocenters. The predicted molar refractivity (Wildman–Crippen MR) is 77.3 cm³/mol. The van der Waals surface area contributed by atoms with Gasteiger partial charge in [-0.3, -0.25) is 4.79 Å². The molecule has 2 aromatic rings. The highest BCUT2D eigenvalue weighted by atomic mass is 16.4. The van der Waals surface area contributed by atoms with Gasteiger partial charge >= 0.3 is 5.97 Å². The van der Waals surface area contributed by atoms with Crippen LogP contribution in [0.2, 0.25) is 0 Å². The summed E-state index contributed by atoms with van der Waals surface area (Å²) >= 11 is 0. The molecule has 2 N–H and O–H groups in total. The van der Waals surface area contributed by atoms with Gasteiger partial charge in [-0.05, 0) is 37.6 Å². The first kappa shape index (κ1) is 13.8. The maximum atomic E-state index is 12.2. The number of hydrogen-bond donors (Lipinski definition) is 2. The molecule has 0 saturated heterocycles. The molecule has 20 heavy (non-hydrogen) atoms. The fourth-order valence-electron chi connectivity index (χ4n) is 2.01. The molecular formula is C16H15NO3. The highest BCUT2D eigenvalue weighted by Gasteiger charge is 2.16. The van der Waals surface area contributed by atoms with Gasteiger partial charge in [-0.15, -0.1) is 0 Å². The first-order valence-corrected chi connectivity index (χ1v) is 6.20. The van der Waals surface area contributed by atoms with Crippen LogP contribution in [0.4, 0.5) is 5.69 Å². The second kappa shape index (κ2) is 5.57. The Kier molecular flexibility index (Phi) is 3.84. The molecule has 2 rings (SSSR count). The summed E-state index contributed by atoms with van der Waals surface area (Å²) in [6.07, 6.45) is 0. The molecule has 4 heteroatoms. The van der Waals surface area contributed by atoms with Crippen LogP contribution < -0.4 is 5.32 Å². The molecule has 0 aliphatic rings. The number of carboxylic acid groups (broad SMARTS) is 1. The van der Waals surface area contributed by atoms with Crippen molar-refractivity contribution >= 4 is 17.6 Å². The summed E-state index contributed by atoms with van der Waals surface area (Å²) < 4.78 is 0. The summed E-state index contributed by atoms with van der Waals surface area (Å²) in [6.45, 7) is 3.87. The van der Waals surface area contributed by atoms with Crippen molar-refractivity contribution in [3.05, 3.63) is 64.7 Å². The van der Waals surface area contributed by atoms with E-state index in [1.165, 1.54) is 12.1 Å². The Labute approximate surface area is 117 Å². The summed E-state index contributed by atoms with van der Waals surface area (Å²) in [7, 11) is 0. The fraction of sp³-hybridized carbons (Fsp3) is 0.125. The van der Waals surface area contributed by atoms with Crippen molar-refractivity contribution in [2.75, 3.05) is 5.32 Å². The summed E-state index contributed by atoms with van der Waals surface area (Å²) in [5, 5.41) is 11.8. The van der Waals surface area contributed by atoms with Gasteiger partial charge in [0.25, 0.3) is 5.91 Å². The molecule has 0 spiro atoms. The SMILES string of the molecule is Cc1ccc(NC(=O)c2ccccc2C(=O)O)c(C)c1. The molecule has 0 bridgehead atoms. The Balaban J connectivity index is 2.31. The first-order valence-electron chi connectivity index (χ1n) is 6.20. The maximum Gasteiger partial charge on any atom is 0.336 e. The number of hydrogen-bond acceptors (Lipinski definition) is 2. The van der Waals surface area contributed by atoms with Gasteiger partial charge < -0.3 is 10.4 Å². The van der Waals surface area contributed by atoms with E-state index in [1.54, 1.807) is 12.1 Å². The lowest BCUT2D eigenvalue weighted by atomic mass is 10.1. The molecule has 102 valence electrons. The van der Waals surface area contributed by atoms with E-state index in [4.69, 9.17) is 5.11 Å². The van der Waals surface area contributed by atoms with E-state index in [0.29, 0.717) is 5.69 Å². The Morgan fingerprint density at radius 2 is 1.65 bits per heavy atom. The Bertz CT molecular complexity index is 677. The number of aryl methyl sites for hydroxylation is 2. The topological polar surface area (TPSA) is 66.4 Å². The lowest BCUT2D eigenvalue weighted by Gasteiger charge is -2.10. The van der Waals surface area contributed by atoms with E-state index in [9.17, 15) is 9.59 Å². The van der Waals surface area contributed by atoms with E-state index in [-0.39, 0.29) is 11.1 Å². The number of carbonyl (C=O) groups is 2. The van der Waals surface area contributed by atoms with Crippen LogP contribution >= 0.6 is 0 Å². The first-order chi connectivity index (χ1) is 9.49. The number of benzene rings is 2. The van der Waals surface area contributed by atoms with Crippen molar-refractivity contribution in [3.63, 3.8) is 0 Å². The molecule has 0 unspecified atom stereocenters. The zero-order valence-electron chi connectivity index (χ0n) is 11.3. The van der Waals surface area contributed by atoms with Crippen LogP contribution in [0.3, 0.4) is 0 Å². The molecular weight excluding hydrogens is 254 g/mol. The number of carbonyl (C=O) groups excluding carboxylic acids is 1. The van der Waals surface area contributed by atoms with E-state index < -0.39 is 11.9 Å². The molecule has 0 aliphatic carbocycles. The van der Waals surface area contributed by atoms with Gasteiger partial charge in [-0.25, -0.2) is 4.79 Å². The van der Waals surface area contributed by atoms with Crippen molar-refractivity contribution in [1.82, 2.24) is 0 Å². The number of carboxylic acids is 1. The minimum Gasteiger partial charge on any atom is -0.478 e. The van der Waals surface area contributed by atoms with Crippen LogP contribution in [0.5, 0.6) is 0 Å². The minimum atomic E-state index is -1.11. The van der Waals surface area contributed by atoms with Gasteiger partial charge in [-0.1, -0.05) is 29.8 Å². The smallest absolute Gasteiger partial charge is 0.336 e. The van der Waals surface area contributed by atoms with Gasteiger partial charge in [0.1, 0.15) is 0 Å². The van der Waals surface area contributed by atoms with Crippen molar-refractivity contribution < 1.29 is 14.7 Å². The molecule has 2 aromatic carbocycles. The van der Waals surface area contributed by atoms with Crippen LogP contribution in [0.25, 0.3) is 0 Å². The van der Waals surface area contributed by atoms with Crippen LogP contribution in [-0.4, -0.2) is 17.0 Å². The number of amides is 1. The summed E-state index contributed by atoms with van der Waals surface area (Å²) in [5.74, 6) is -1.54. The third-order valence-corrected chi connectivity index (χ3v) is 3.03. The number of anilines is 1. The van der Waals surface area contributed by atoms with Gasteiger partial charge in [0.15, 0.2) is 0 Å². The number of nitrogens with one attached hydrogen (secondary N) is 1. The molecule has 0 fully saturated rings. The second-order valence-electron chi connectivity index (χ2n) is 4.62. The summed E-state index contributed by atoms with van der Waals surface area (Å²) in [6, 6.07) is 11.8. The molecule has 0 saturated carbocycles. The summed E-state index contributed by atoms with van der Waals surface area (Å²) in [4.78, 5) is 23.3. The monoisotopic (exact) mass is 269 g/mol. The third-order valence-electron chi connectivity index (χ3n) is 3.03. The van der Waals surface area contributed by atoms with Crippen LogP contribution in [0.15, 0.2) is 42.5 Å². The van der Waals surface area contributed by atoms with Crippen LogP contribution in [0.1, 0.15) is 31.8 Å².